The smallest absolute Gasteiger partial charge is 0.316 e. The third kappa shape index (κ3) is 3.73. The first-order chi connectivity index (χ1) is 13.9. The maximum absolute atomic E-state index is 12.6. The lowest BCUT2D eigenvalue weighted by molar-refractivity contribution is -0.147. The van der Waals surface area contributed by atoms with E-state index in [4.69, 9.17) is 9.47 Å². The molecule has 29 heavy (non-hydrogen) atoms. The second-order valence-electron chi connectivity index (χ2n) is 7.09. The molecule has 0 aromatic heterocycles. The first-order valence-electron chi connectivity index (χ1n) is 9.30. The van der Waals surface area contributed by atoms with E-state index in [1.807, 2.05) is 32.0 Å². The summed E-state index contributed by atoms with van der Waals surface area (Å²) in [6.07, 6.45) is 0. The van der Waals surface area contributed by atoms with Gasteiger partial charge in [-0.25, -0.2) is 0 Å². The molecule has 0 bridgehead atoms. The van der Waals surface area contributed by atoms with Crippen molar-refractivity contribution in [1.29, 1.82) is 0 Å². The van der Waals surface area contributed by atoms with Gasteiger partial charge in [-0.1, -0.05) is 12.1 Å². The van der Waals surface area contributed by atoms with Gasteiger partial charge in [0.25, 0.3) is 0 Å². The number of carbonyl (C=O) groups is 3. The monoisotopic (exact) mass is 395 g/mol. The van der Waals surface area contributed by atoms with Crippen LogP contribution in [0.15, 0.2) is 36.4 Å². The number of ether oxygens (including phenoxy) is 2. The Hall–Kier alpha value is -3.55. The first-order valence-corrected chi connectivity index (χ1v) is 9.30. The van der Waals surface area contributed by atoms with E-state index in [0.717, 1.165) is 11.1 Å². The van der Waals surface area contributed by atoms with Gasteiger partial charge in [-0.15, -0.1) is 0 Å². The molecular formula is C21H21N3O5. The topological polar surface area (TPSA) is 88.2 Å². The third-order valence-corrected chi connectivity index (χ3v) is 4.98. The molecule has 4 rings (SSSR count). The first kappa shape index (κ1) is 18.8. The minimum atomic E-state index is -0.704. The summed E-state index contributed by atoms with van der Waals surface area (Å²) in [5.41, 5.74) is 3.22. The van der Waals surface area contributed by atoms with Crippen molar-refractivity contribution in [3.05, 3.63) is 47.5 Å². The Morgan fingerprint density at radius 1 is 1.00 bits per heavy atom. The highest BCUT2D eigenvalue weighted by molar-refractivity contribution is 6.41. The number of aryl methyl sites for hydroxylation is 2. The molecule has 2 heterocycles. The molecule has 0 aliphatic carbocycles. The molecule has 0 unspecified atom stereocenters. The number of fused-ring (bicyclic) bond motifs is 1. The fourth-order valence-corrected chi connectivity index (χ4v) is 3.36. The molecule has 0 spiro atoms. The van der Waals surface area contributed by atoms with Gasteiger partial charge in [0, 0.05) is 30.5 Å². The predicted molar refractivity (Wildman–Crippen MR) is 106 cm³/mol. The highest BCUT2D eigenvalue weighted by atomic mass is 16.7. The van der Waals surface area contributed by atoms with Crippen LogP contribution in [0.2, 0.25) is 0 Å². The van der Waals surface area contributed by atoms with E-state index in [1.165, 1.54) is 9.80 Å². The molecule has 2 aliphatic heterocycles. The zero-order valence-electron chi connectivity index (χ0n) is 16.2. The lowest BCUT2D eigenvalue weighted by atomic mass is 10.1. The van der Waals surface area contributed by atoms with E-state index in [2.05, 4.69) is 5.32 Å². The predicted octanol–water partition coefficient (Wildman–Crippen LogP) is 1.85. The van der Waals surface area contributed by atoms with Gasteiger partial charge in [0.05, 0.1) is 0 Å². The molecule has 0 radical (unpaired) electrons. The molecule has 8 heteroatoms. The SMILES string of the molecule is Cc1ccc(C)c(NC(=O)CN2CCN(c3ccc4c(c3)OCO4)C(=O)C2=O)c1. The molecule has 0 saturated carbocycles. The number of anilines is 2. The number of hydrogen-bond donors (Lipinski definition) is 1. The highest BCUT2D eigenvalue weighted by Crippen LogP contribution is 2.35. The van der Waals surface area contributed by atoms with E-state index in [9.17, 15) is 14.4 Å². The Morgan fingerprint density at radius 3 is 2.62 bits per heavy atom. The molecule has 150 valence electrons. The van der Waals surface area contributed by atoms with Crippen LogP contribution in [-0.2, 0) is 14.4 Å². The molecule has 2 aromatic carbocycles. The standard InChI is InChI=1S/C21H21N3O5/c1-13-3-4-14(2)16(9-13)22-19(25)11-23-7-8-24(21(27)20(23)26)15-5-6-17-18(10-15)29-12-28-17/h3-6,9-10H,7-8,11-12H2,1-2H3,(H,22,25). The van der Waals surface area contributed by atoms with Crippen LogP contribution in [0.1, 0.15) is 11.1 Å². The third-order valence-electron chi connectivity index (χ3n) is 4.98. The maximum Gasteiger partial charge on any atom is 0.316 e. The Labute approximate surface area is 168 Å². The number of rotatable bonds is 4. The number of hydrogen-bond acceptors (Lipinski definition) is 5. The normalized spacial score (nSPS) is 15.7. The Morgan fingerprint density at radius 2 is 1.79 bits per heavy atom. The second-order valence-corrected chi connectivity index (χ2v) is 7.09. The van der Waals surface area contributed by atoms with Crippen LogP contribution in [0.3, 0.4) is 0 Å². The molecular weight excluding hydrogens is 374 g/mol. The summed E-state index contributed by atoms with van der Waals surface area (Å²) in [7, 11) is 0. The average molecular weight is 395 g/mol. The quantitative estimate of drug-likeness (QED) is 0.799. The van der Waals surface area contributed by atoms with Crippen LogP contribution < -0.4 is 19.7 Å². The number of benzene rings is 2. The Bertz CT molecular complexity index is 1000. The van der Waals surface area contributed by atoms with Crippen LogP contribution in [0, 0.1) is 13.8 Å². The maximum atomic E-state index is 12.6. The highest BCUT2D eigenvalue weighted by Gasteiger charge is 2.35. The number of nitrogens with zero attached hydrogens (tertiary/aromatic N) is 2. The second kappa shape index (κ2) is 7.46. The molecule has 0 atom stereocenters. The molecule has 3 amide bonds. The summed E-state index contributed by atoms with van der Waals surface area (Å²) in [6.45, 7) is 4.35. The van der Waals surface area contributed by atoms with Gasteiger partial charge in [-0.3, -0.25) is 14.4 Å². The van der Waals surface area contributed by atoms with Crippen LogP contribution in [0.25, 0.3) is 0 Å². The van der Waals surface area contributed by atoms with E-state index < -0.39 is 11.8 Å². The van der Waals surface area contributed by atoms with E-state index in [0.29, 0.717) is 29.4 Å². The van der Waals surface area contributed by atoms with Gasteiger partial charge in [0.1, 0.15) is 6.54 Å². The van der Waals surface area contributed by atoms with E-state index in [-0.39, 0.29) is 25.8 Å². The van der Waals surface area contributed by atoms with Crippen molar-refractivity contribution in [2.45, 2.75) is 13.8 Å². The molecule has 2 aromatic rings. The summed E-state index contributed by atoms with van der Waals surface area (Å²) >= 11 is 0. The van der Waals surface area contributed by atoms with Gasteiger partial charge >= 0.3 is 11.8 Å². The number of nitrogens with one attached hydrogen (secondary N) is 1. The minimum absolute atomic E-state index is 0.134. The zero-order chi connectivity index (χ0) is 20.5. The molecule has 1 N–H and O–H groups in total. The van der Waals surface area contributed by atoms with Crippen molar-refractivity contribution in [3.8, 4) is 11.5 Å². The number of carbonyl (C=O) groups excluding carboxylic acids is 3. The van der Waals surface area contributed by atoms with Crippen molar-refractivity contribution in [2.75, 3.05) is 36.6 Å². The van der Waals surface area contributed by atoms with Crippen molar-refractivity contribution in [3.63, 3.8) is 0 Å². The fraction of sp³-hybridized carbons (Fsp3) is 0.286. The van der Waals surface area contributed by atoms with E-state index in [1.54, 1.807) is 18.2 Å². The lowest BCUT2D eigenvalue weighted by Gasteiger charge is -2.33. The molecule has 2 aliphatic rings. The summed E-state index contributed by atoms with van der Waals surface area (Å²) in [5.74, 6) is -0.566. The van der Waals surface area contributed by atoms with Crippen LogP contribution in [0.5, 0.6) is 11.5 Å². The van der Waals surface area contributed by atoms with Gasteiger partial charge < -0.3 is 24.6 Å². The number of piperazine rings is 1. The van der Waals surface area contributed by atoms with Crippen LogP contribution in [0.4, 0.5) is 11.4 Å². The fourth-order valence-electron chi connectivity index (χ4n) is 3.36. The minimum Gasteiger partial charge on any atom is -0.454 e. The van der Waals surface area contributed by atoms with Crippen molar-refractivity contribution >= 4 is 29.1 Å². The van der Waals surface area contributed by atoms with Crippen LogP contribution in [-0.4, -0.2) is 49.0 Å². The van der Waals surface area contributed by atoms with Crippen molar-refractivity contribution in [1.82, 2.24) is 4.90 Å². The summed E-state index contributed by atoms with van der Waals surface area (Å²) in [4.78, 5) is 40.2. The van der Waals surface area contributed by atoms with E-state index >= 15 is 0 Å². The van der Waals surface area contributed by atoms with Gasteiger partial charge in [0.2, 0.25) is 12.7 Å². The van der Waals surface area contributed by atoms with Gasteiger partial charge in [-0.2, -0.15) is 0 Å². The van der Waals surface area contributed by atoms with Crippen LogP contribution >= 0.6 is 0 Å². The summed E-state index contributed by atoms with van der Waals surface area (Å²) in [5, 5.41) is 2.82. The Kier molecular flexibility index (Phi) is 4.84. The molecule has 1 saturated heterocycles. The molecule has 1 fully saturated rings. The van der Waals surface area contributed by atoms with Crippen molar-refractivity contribution < 1.29 is 23.9 Å². The molecule has 8 nitrogen and oxygen atoms in total. The average Bonchev–Trinajstić information content (AvgIpc) is 3.16. The van der Waals surface area contributed by atoms with Gasteiger partial charge in [-0.05, 0) is 43.2 Å². The zero-order valence-corrected chi connectivity index (χ0v) is 16.2. The van der Waals surface area contributed by atoms with Crippen molar-refractivity contribution in [2.24, 2.45) is 0 Å². The Balaban J connectivity index is 1.41. The lowest BCUT2D eigenvalue weighted by Crippen LogP contribution is -2.56. The summed E-state index contributed by atoms with van der Waals surface area (Å²) < 4.78 is 10.6. The largest absolute Gasteiger partial charge is 0.454 e. The number of amides is 3. The summed E-state index contributed by atoms with van der Waals surface area (Å²) in [6, 6.07) is 10.8. The van der Waals surface area contributed by atoms with Gasteiger partial charge in [0.15, 0.2) is 11.5 Å².